The first-order chi connectivity index (χ1) is 42.2. The highest BCUT2D eigenvalue weighted by atomic mass is 16.8. The highest BCUT2D eigenvalue weighted by molar-refractivity contribution is 5.90. The van der Waals surface area contributed by atoms with Crippen molar-refractivity contribution in [1.82, 2.24) is 0 Å². The van der Waals surface area contributed by atoms with Gasteiger partial charge >= 0.3 is 17.9 Å². The number of ether oxygens (including phenoxy) is 13. The molecule has 8 aliphatic rings. The number of rotatable bonds is 18. The zero-order valence-corrected chi connectivity index (χ0v) is 51.4. The topological polar surface area (TPSA) is 374 Å². The van der Waals surface area contributed by atoms with Gasteiger partial charge in [0.2, 0.25) is 0 Å². The average Bonchev–Trinajstić information content (AvgIpc) is 1.60. The maximum Gasteiger partial charge on any atom is 0.338 e. The van der Waals surface area contributed by atoms with Crippen molar-refractivity contribution in [3.8, 4) is 0 Å². The molecule has 29 atom stereocenters. The lowest BCUT2D eigenvalue weighted by molar-refractivity contribution is -0.375. The Labute approximate surface area is 516 Å². The summed E-state index contributed by atoms with van der Waals surface area (Å²) in [4.78, 5) is 40.4. The Hall–Kier alpha value is -3.95. The number of fused-ring (bicyclic) bond motifs is 5. The molecule has 0 aromatic heterocycles. The minimum absolute atomic E-state index is 0.0402. The van der Waals surface area contributed by atoms with E-state index in [9.17, 15) is 65.4 Å². The molecule has 8 fully saturated rings. The number of benzene rings is 2. The molecule has 4 aliphatic heterocycles. The molecule has 0 amide bonds. The summed E-state index contributed by atoms with van der Waals surface area (Å²) in [7, 11) is 2.84. The molecule has 2 aromatic carbocycles. The van der Waals surface area contributed by atoms with Gasteiger partial charge in [0.25, 0.3) is 0 Å². The zero-order chi connectivity index (χ0) is 64.3. The first kappa shape index (κ1) is 67.9. The second-order valence-corrected chi connectivity index (χ2v) is 26.2. The van der Waals surface area contributed by atoms with Crippen LogP contribution in [0.5, 0.6) is 0 Å². The lowest BCUT2D eigenvalue weighted by Gasteiger charge is -2.69. The highest BCUT2D eigenvalue weighted by Crippen LogP contribution is 2.72. The molecule has 0 bridgehead atoms. The van der Waals surface area contributed by atoms with Crippen LogP contribution in [0.15, 0.2) is 60.7 Å². The van der Waals surface area contributed by atoms with Crippen LogP contribution in [-0.4, -0.2) is 248 Å². The van der Waals surface area contributed by atoms with Crippen molar-refractivity contribution in [2.24, 2.45) is 22.7 Å². The number of aliphatic hydroxyl groups is 10. The number of carbonyl (C=O) groups excluding carboxylic acids is 3. The van der Waals surface area contributed by atoms with E-state index in [1.54, 1.807) is 88.4 Å². The quantitative estimate of drug-likeness (QED) is 0.0558. The second kappa shape index (κ2) is 26.8. The first-order valence-electron chi connectivity index (χ1n) is 31.0. The van der Waals surface area contributed by atoms with Crippen LogP contribution in [-0.2, 0) is 66.4 Å². The first-order valence-corrected chi connectivity index (χ1v) is 31.0. The molecule has 10 rings (SSSR count). The fourth-order valence-electron chi connectivity index (χ4n) is 16.3. The van der Waals surface area contributed by atoms with Gasteiger partial charge in [-0.25, -0.2) is 9.59 Å². The molecule has 10 N–H and O–H groups in total. The van der Waals surface area contributed by atoms with E-state index in [0.717, 1.165) is 0 Å². The molecule has 4 saturated heterocycles. The van der Waals surface area contributed by atoms with Crippen molar-refractivity contribution in [2.45, 2.75) is 251 Å². The molecule has 0 spiro atoms. The molecule has 0 unspecified atom stereocenters. The summed E-state index contributed by atoms with van der Waals surface area (Å²) in [6, 6.07) is 16.8. The Morgan fingerprint density at radius 2 is 1.22 bits per heavy atom. The van der Waals surface area contributed by atoms with E-state index in [1.165, 1.54) is 21.1 Å². The Balaban J connectivity index is 0.798. The van der Waals surface area contributed by atoms with Crippen molar-refractivity contribution in [3.63, 3.8) is 0 Å². The van der Waals surface area contributed by atoms with Crippen molar-refractivity contribution >= 4 is 17.9 Å². The van der Waals surface area contributed by atoms with Crippen LogP contribution in [0.25, 0.3) is 0 Å². The van der Waals surface area contributed by atoms with Gasteiger partial charge in [-0.2, -0.15) is 0 Å². The van der Waals surface area contributed by atoms with Crippen LogP contribution in [0.4, 0.5) is 0 Å². The molecule has 4 aliphatic carbocycles. The Morgan fingerprint density at radius 3 is 1.85 bits per heavy atom. The van der Waals surface area contributed by atoms with Crippen molar-refractivity contribution in [2.75, 3.05) is 27.4 Å². The summed E-state index contributed by atoms with van der Waals surface area (Å²) >= 11 is 0. The predicted octanol–water partition coefficient (Wildman–Crippen LogP) is 0.692. The zero-order valence-electron chi connectivity index (χ0n) is 51.4. The summed E-state index contributed by atoms with van der Waals surface area (Å²) in [5.74, 6) is -2.73. The maximum atomic E-state index is 14.1. The van der Waals surface area contributed by atoms with Crippen LogP contribution in [0.3, 0.4) is 0 Å². The highest BCUT2D eigenvalue weighted by Gasteiger charge is 2.82. The molecule has 26 nitrogen and oxygen atoms in total. The largest absolute Gasteiger partial charge is 0.458 e. The van der Waals surface area contributed by atoms with E-state index in [4.69, 9.17) is 61.6 Å². The number of methoxy groups -OCH3 is 2. The van der Waals surface area contributed by atoms with Gasteiger partial charge in [-0.3, -0.25) is 4.79 Å². The summed E-state index contributed by atoms with van der Waals surface area (Å²) < 4.78 is 79.7. The molecule has 4 saturated carbocycles. The van der Waals surface area contributed by atoms with E-state index in [0.29, 0.717) is 25.7 Å². The normalized spacial score (nSPS) is 46.7. The van der Waals surface area contributed by atoms with Gasteiger partial charge in [-0.05, 0) is 114 Å². The van der Waals surface area contributed by atoms with Crippen LogP contribution >= 0.6 is 0 Å². The third-order valence-electron chi connectivity index (χ3n) is 21.5. The number of hydrogen-bond acceptors (Lipinski definition) is 26. The van der Waals surface area contributed by atoms with Gasteiger partial charge in [0, 0.05) is 27.6 Å². The van der Waals surface area contributed by atoms with Gasteiger partial charge in [-0.1, -0.05) is 50.2 Å². The lowest BCUT2D eigenvalue weighted by atomic mass is 9.40. The lowest BCUT2D eigenvalue weighted by Crippen LogP contribution is -2.79. The summed E-state index contributed by atoms with van der Waals surface area (Å²) in [6.45, 7) is 8.56. The van der Waals surface area contributed by atoms with E-state index in [1.807, 2.05) is 0 Å². The van der Waals surface area contributed by atoms with Gasteiger partial charge < -0.3 is 113 Å². The molecule has 0 radical (unpaired) electrons. The smallest absolute Gasteiger partial charge is 0.338 e. The number of carbonyl (C=O) groups is 3. The van der Waals surface area contributed by atoms with Crippen LogP contribution in [0.2, 0.25) is 0 Å². The molecular weight excluding hydrogens is 1170 g/mol. The Kier molecular flexibility index (Phi) is 20.5. The molecule has 498 valence electrons. The maximum absolute atomic E-state index is 14.1. The number of esters is 3. The summed E-state index contributed by atoms with van der Waals surface area (Å²) in [5, 5.41) is 113. The van der Waals surface area contributed by atoms with E-state index in [-0.39, 0.29) is 55.3 Å². The SMILES string of the molecule is CO[C@@H]1[C@@H](OC(C)=O)[C@H](O[C@H]2[C@@H](OC)C[C@H](O[C@H]3CC[C@@]4(C)[C@@H](CC[C@]5(O)[C@@H]4C[C@@H](OC(=O)c4ccccc4)[C@@]4(C)[C@]5(O)CC[C@@]4(O)[C@H](C)OC(=O)c4ccccc4)C3)O[C@@H]2C)O[C@H](C)[C@H]1O[C@@H]1O[C@H](CO[C@@H]2O[C@H](CO)[C@@H](O)[C@H](O)[C@H]2O)[C@@H](O)[C@H](O)[C@H]1O. The van der Waals surface area contributed by atoms with Gasteiger partial charge in [0.1, 0.15) is 90.6 Å². The molecule has 2 aromatic rings. The fourth-order valence-corrected chi connectivity index (χ4v) is 16.3. The van der Waals surface area contributed by atoms with Crippen molar-refractivity contribution < 1.29 is 127 Å². The standard InChI is InChI=1S/C63H90O26/c1-30-50(88-58-53(83-33(4)65)52(78-8)51(31(2)81-58)89-57-49(71)47(69)45(67)40(86-57)29-79-56-48(70)46(68)44(66)39(28-64)85-56)38(77-7)26-43(80-30)84-37-20-21-59(5)36(25-37)19-22-62(75)41(59)27-42(87-55(73)35-17-13-10-14-18-35)60(6)61(74,23-24-63(60,62)76)32(3)82-54(72)34-15-11-9-12-16-34/h9-18,30-32,36-53,56-58,64,66-71,74-76H,19-29H2,1-8H3/t30-,31-,32+,36+,37+,38+,39-,40-,41-,42-,43+,44-,45-,46+,47+,48-,49-,50-,51-,52+,53-,56-,57+,58+,59+,60-,61-,62+,63-/m1/s1. The second-order valence-electron chi connectivity index (χ2n) is 26.2. The molecule has 26 heteroatoms. The average molecular weight is 1260 g/mol. The number of hydrogen-bond donors (Lipinski definition) is 10. The molecule has 4 heterocycles. The van der Waals surface area contributed by atoms with E-state index >= 15 is 0 Å². The molecule has 89 heavy (non-hydrogen) atoms. The fraction of sp³-hybridized carbons (Fsp3) is 0.762. The minimum Gasteiger partial charge on any atom is -0.458 e. The van der Waals surface area contributed by atoms with E-state index < -0.39 is 194 Å². The molecular formula is C63H90O26. The monoisotopic (exact) mass is 1260 g/mol. The third kappa shape index (κ3) is 12.2. The van der Waals surface area contributed by atoms with Gasteiger partial charge in [-0.15, -0.1) is 0 Å². The summed E-state index contributed by atoms with van der Waals surface area (Å²) in [6.07, 6.45) is -26.0. The van der Waals surface area contributed by atoms with Gasteiger partial charge in [0.15, 0.2) is 31.3 Å². The van der Waals surface area contributed by atoms with Crippen LogP contribution < -0.4 is 0 Å². The van der Waals surface area contributed by atoms with E-state index in [2.05, 4.69) is 6.92 Å². The van der Waals surface area contributed by atoms with Crippen molar-refractivity contribution in [3.05, 3.63) is 71.8 Å². The van der Waals surface area contributed by atoms with Crippen molar-refractivity contribution in [1.29, 1.82) is 0 Å². The Bertz CT molecular complexity index is 2730. The third-order valence-corrected chi connectivity index (χ3v) is 21.5. The van der Waals surface area contributed by atoms with Crippen LogP contribution in [0, 0.1) is 22.7 Å². The van der Waals surface area contributed by atoms with Crippen LogP contribution in [0.1, 0.15) is 120 Å². The van der Waals surface area contributed by atoms with Gasteiger partial charge in [0.05, 0.1) is 59.8 Å². The Morgan fingerprint density at radius 1 is 0.618 bits per heavy atom. The number of aliphatic hydroxyl groups excluding tert-OH is 7. The minimum atomic E-state index is -2.01. The predicted molar refractivity (Wildman–Crippen MR) is 303 cm³/mol. The summed E-state index contributed by atoms with van der Waals surface area (Å²) in [5.41, 5.74) is -7.53.